The second-order valence-electron chi connectivity index (χ2n) is 8.08. The molecular weight excluding hydrogens is 314 g/mol. The Hall–Kier alpha value is -1.16. The van der Waals surface area contributed by atoms with Crippen molar-refractivity contribution in [1.29, 1.82) is 0 Å². The summed E-state index contributed by atoms with van der Waals surface area (Å²) in [4.78, 5) is 25.6. The number of amides is 2. The van der Waals surface area contributed by atoms with E-state index < -0.39 is 8.07 Å². The van der Waals surface area contributed by atoms with E-state index >= 15 is 0 Å². The molecule has 0 aromatic carbocycles. The standard InChI is InChI=1S/C20H35NO2Si/c1-9-19-13-18(20(23)21(19)17(8)22)11-10-12-24(14(2)3,15(4)5)16(6)7/h9-11,14-16,18-19H,1,12-13H2,2-8H3/b11-10+/t18-,19+/m1/s1. The Bertz CT molecular complexity index is 486. The Labute approximate surface area is 149 Å². The number of imide groups is 1. The predicted molar refractivity (Wildman–Crippen MR) is 105 cm³/mol. The lowest BCUT2D eigenvalue weighted by Gasteiger charge is -2.42. The third kappa shape index (κ3) is 3.90. The molecule has 0 aromatic heterocycles. The molecule has 1 fully saturated rings. The maximum atomic E-state index is 12.5. The molecule has 1 heterocycles. The first-order valence-electron chi connectivity index (χ1n) is 9.22. The largest absolute Gasteiger partial charge is 0.275 e. The van der Waals surface area contributed by atoms with Gasteiger partial charge in [0.25, 0.3) is 0 Å². The summed E-state index contributed by atoms with van der Waals surface area (Å²) in [6.07, 6.45) is 6.66. The van der Waals surface area contributed by atoms with Crippen LogP contribution in [0.25, 0.3) is 0 Å². The zero-order valence-electron chi connectivity index (χ0n) is 16.5. The lowest BCUT2D eigenvalue weighted by Crippen LogP contribution is -2.43. The van der Waals surface area contributed by atoms with Crippen molar-refractivity contribution in [1.82, 2.24) is 4.90 Å². The van der Waals surface area contributed by atoms with Crippen LogP contribution in [0.3, 0.4) is 0 Å². The van der Waals surface area contributed by atoms with E-state index in [0.29, 0.717) is 23.0 Å². The highest BCUT2D eigenvalue weighted by atomic mass is 28.3. The molecular formula is C20H35NO2Si. The van der Waals surface area contributed by atoms with E-state index in [0.717, 1.165) is 6.04 Å². The smallest absolute Gasteiger partial charge is 0.236 e. The summed E-state index contributed by atoms with van der Waals surface area (Å²) in [5.41, 5.74) is 2.11. The molecule has 0 radical (unpaired) electrons. The fourth-order valence-corrected chi connectivity index (χ4v) is 10.7. The Morgan fingerprint density at radius 3 is 2.04 bits per heavy atom. The minimum atomic E-state index is -1.48. The molecule has 136 valence electrons. The number of nitrogens with zero attached hydrogens (tertiary/aromatic N) is 1. The average Bonchev–Trinajstić information content (AvgIpc) is 2.78. The van der Waals surface area contributed by atoms with Gasteiger partial charge < -0.3 is 0 Å². The Balaban J connectivity index is 2.94. The van der Waals surface area contributed by atoms with Gasteiger partial charge in [-0.1, -0.05) is 76.4 Å². The second kappa shape index (κ2) is 8.28. The minimum Gasteiger partial charge on any atom is -0.275 e. The SMILES string of the molecule is C=C[C@H]1C[C@@H](/C=C/C[Si](C(C)C)(C(C)C)C(C)C)C(=O)N1C(C)=O. The fourth-order valence-electron chi connectivity index (χ4n) is 4.70. The second-order valence-corrected chi connectivity index (χ2v) is 14.2. The quantitative estimate of drug-likeness (QED) is 0.469. The number of hydrogen-bond acceptors (Lipinski definition) is 2. The zero-order chi connectivity index (χ0) is 18.7. The maximum Gasteiger partial charge on any atom is 0.236 e. The lowest BCUT2D eigenvalue weighted by atomic mass is 10.0. The van der Waals surface area contributed by atoms with E-state index in [1.165, 1.54) is 11.8 Å². The summed E-state index contributed by atoms with van der Waals surface area (Å²) in [7, 11) is -1.48. The van der Waals surface area contributed by atoms with Gasteiger partial charge in [-0.05, 0) is 12.5 Å². The third-order valence-electron chi connectivity index (χ3n) is 6.06. The summed E-state index contributed by atoms with van der Waals surface area (Å²) in [5, 5.41) is 0. The van der Waals surface area contributed by atoms with Crippen molar-refractivity contribution in [2.24, 2.45) is 5.92 Å². The van der Waals surface area contributed by atoms with Gasteiger partial charge >= 0.3 is 0 Å². The maximum absolute atomic E-state index is 12.5. The molecule has 1 aliphatic heterocycles. The van der Waals surface area contributed by atoms with E-state index in [1.807, 2.05) is 0 Å². The van der Waals surface area contributed by atoms with Crippen LogP contribution in [-0.2, 0) is 9.59 Å². The van der Waals surface area contributed by atoms with Crippen molar-refractivity contribution >= 4 is 19.9 Å². The van der Waals surface area contributed by atoms with E-state index in [-0.39, 0.29) is 23.8 Å². The van der Waals surface area contributed by atoms with Crippen LogP contribution in [0.2, 0.25) is 22.7 Å². The summed E-state index contributed by atoms with van der Waals surface area (Å²) < 4.78 is 0. The molecule has 0 spiro atoms. The van der Waals surface area contributed by atoms with Gasteiger partial charge in [-0.25, -0.2) is 0 Å². The van der Waals surface area contributed by atoms with Crippen molar-refractivity contribution in [3.63, 3.8) is 0 Å². The molecule has 2 atom stereocenters. The normalized spacial score (nSPS) is 22.4. The number of carbonyl (C=O) groups excluding carboxylic acids is 2. The highest BCUT2D eigenvalue weighted by molar-refractivity contribution is 6.83. The summed E-state index contributed by atoms with van der Waals surface area (Å²) in [5.74, 6) is -0.444. The first kappa shape index (κ1) is 20.9. The number of hydrogen-bond donors (Lipinski definition) is 0. The van der Waals surface area contributed by atoms with Crippen LogP contribution in [-0.4, -0.2) is 30.8 Å². The molecule has 3 nitrogen and oxygen atoms in total. The molecule has 0 saturated carbocycles. The molecule has 0 bridgehead atoms. The highest BCUT2D eigenvalue weighted by Crippen LogP contribution is 2.44. The molecule has 0 aromatic rings. The summed E-state index contributed by atoms with van der Waals surface area (Å²) in [6, 6.07) is 0.940. The number of rotatable bonds is 7. The van der Waals surface area contributed by atoms with Crippen LogP contribution in [0.4, 0.5) is 0 Å². The van der Waals surface area contributed by atoms with Crippen LogP contribution in [0.1, 0.15) is 54.9 Å². The molecule has 24 heavy (non-hydrogen) atoms. The van der Waals surface area contributed by atoms with E-state index in [4.69, 9.17) is 0 Å². The van der Waals surface area contributed by atoms with Gasteiger partial charge in [0.1, 0.15) is 0 Å². The first-order valence-corrected chi connectivity index (χ1v) is 11.7. The van der Waals surface area contributed by atoms with Gasteiger partial charge in [0.05, 0.1) is 20.0 Å². The highest BCUT2D eigenvalue weighted by Gasteiger charge is 2.42. The first-order chi connectivity index (χ1) is 11.1. The molecule has 1 aliphatic rings. The van der Waals surface area contributed by atoms with Gasteiger partial charge in [-0.15, -0.1) is 6.58 Å². The molecule has 1 rings (SSSR count). The van der Waals surface area contributed by atoms with Crippen molar-refractivity contribution in [2.45, 2.75) is 83.6 Å². The fraction of sp³-hybridized carbons (Fsp3) is 0.700. The molecule has 0 unspecified atom stereocenters. The van der Waals surface area contributed by atoms with Crippen LogP contribution in [0, 0.1) is 5.92 Å². The molecule has 0 aliphatic carbocycles. The van der Waals surface area contributed by atoms with Crippen LogP contribution in [0.15, 0.2) is 24.8 Å². The van der Waals surface area contributed by atoms with Crippen LogP contribution < -0.4 is 0 Å². The van der Waals surface area contributed by atoms with Gasteiger partial charge in [0.2, 0.25) is 11.8 Å². The van der Waals surface area contributed by atoms with Crippen molar-refractivity contribution < 1.29 is 9.59 Å². The third-order valence-corrected chi connectivity index (χ3v) is 13.4. The monoisotopic (exact) mass is 349 g/mol. The van der Waals surface area contributed by atoms with Crippen molar-refractivity contribution in [3.05, 3.63) is 24.8 Å². The minimum absolute atomic E-state index is 0.0745. The van der Waals surface area contributed by atoms with Crippen molar-refractivity contribution in [2.75, 3.05) is 0 Å². The van der Waals surface area contributed by atoms with Gasteiger partial charge in [0, 0.05) is 6.92 Å². The van der Waals surface area contributed by atoms with Gasteiger partial charge in [-0.2, -0.15) is 0 Å². The summed E-state index contributed by atoms with van der Waals surface area (Å²) in [6.45, 7) is 19.3. The van der Waals surface area contributed by atoms with E-state index in [2.05, 4.69) is 60.3 Å². The summed E-state index contributed by atoms with van der Waals surface area (Å²) >= 11 is 0. The number of allylic oxidation sites excluding steroid dienone is 1. The predicted octanol–water partition coefficient (Wildman–Crippen LogP) is 5.17. The molecule has 0 N–H and O–H groups in total. The van der Waals surface area contributed by atoms with E-state index in [9.17, 15) is 9.59 Å². The molecule has 2 amide bonds. The Morgan fingerprint density at radius 2 is 1.71 bits per heavy atom. The van der Waals surface area contributed by atoms with Crippen molar-refractivity contribution in [3.8, 4) is 0 Å². The average molecular weight is 350 g/mol. The van der Waals surface area contributed by atoms with Crippen LogP contribution in [0.5, 0.6) is 0 Å². The van der Waals surface area contributed by atoms with Crippen LogP contribution >= 0.6 is 0 Å². The Morgan fingerprint density at radius 1 is 1.21 bits per heavy atom. The number of likely N-dealkylation sites (tertiary alicyclic amines) is 1. The zero-order valence-corrected chi connectivity index (χ0v) is 17.5. The molecule has 1 saturated heterocycles. The molecule has 4 heteroatoms. The number of carbonyl (C=O) groups is 2. The topological polar surface area (TPSA) is 37.4 Å². The van der Waals surface area contributed by atoms with E-state index in [1.54, 1.807) is 6.08 Å². The van der Waals surface area contributed by atoms with Gasteiger partial charge in [-0.3, -0.25) is 14.5 Å². The van der Waals surface area contributed by atoms with Gasteiger partial charge in [0.15, 0.2) is 0 Å². The Kier molecular flexibility index (Phi) is 7.20. The lowest BCUT2D eigenvalue weighted by molar-refractivity contribution is -0.142.